The number of hydrogen-bond donors (Lipinski definition) is 1. The molecule has 0 aliphatic heterocycles. The predicted molar refractivity (Wildman–Crippen MR) is 87.7 cm³/mol. The van der Waals surface area contributed by atoms with Gasteiger partial charge in [-0.3, -0.25) is 4.90 Å². The van der Waals surface area contributed by atoms with Crippen LogP contribution in [-0.2, 0) is 9.53 Å². The first-order chi connectivity index (χ1) is 10.6. The quantitative estimate of drug-likeness (QED) is 0.893. The first-order valence-corrected chi connectivity index (χ1v) is 7.98. The second kappa shape index (κ2) is 6.40. The number of hydrogen-bond acceptors (Lipinski definition) is 3. The number of aryl methyl sites for hydroxylation is 1. The SMILES string of the molecule is Cc1cc(Cl)ccc1C(C(=O)O)N(C(=O)OC(C)(C)C)C1CC1. The first-order valence-electron chi connectivity index (χ1n) is 7.60. The molecule has 6 heteroatoms. The van der Waals surface area contributed by atoms with Crippen LogP contribution in [0.3, 0.4) is 0 Å². The van der Waals surface area contributed by atoms with Crippen LogP contribution in [0.25, 0.3) is 0 Å². The number of aliphatic carboxylic acids is 1. The van der Waals surface area contributed by atoms with Crippen LogP contribution in [0.2, 0.25) is 5.02 Å². The zero-order valence-electron chi connectivity index (χ0n) is 13.8. The molecule has 126 valence electrons. The summed E-state index contributed by atoms with van der Waals surface area (Å²) in [6.45, 7) is 7.08. The van der Waals surface area contributed by atoms with E-state index in [2.05, 4.69) is 0 Å². The van der Waals surface area contributed by atoms with Crippen molar-refractivity contribution in [3.05, 3.63) is 34.3 Å². The summed E-state index contributed by atoms with van der Waals surface area (Å²) in [7, 11) is 0. The summed E-state index contributed by atoms with van der Waals surface area (Å²) < 4.78 is 5.41. The van der Waals surface area contributed by atoms with Gasteiger partial charge in [0.05, 0.1) is 0 Å². The van der Waals surface area contributed by atoms with Crippen LogP contribution in [0.1, 0.15) is 50.8 Å². The summed E-state index contributed by atoms with van der Waals surface area (Å²) in [4.78, 5) is 25.8. The van der Waals surface area contributed by atoms with Crippen LogP contribution < -0.4 is 0 Å². The van der Waals surface area contributed by atoms with E-state index in [1.807, 2.05) is 0 Å². The first kappa shape index (κ1) is 17.6. The van der Waals surface area contributed by atoms with Gasteiger partial charge in [-0.25, -0.2) is 9.59 Å². The molecule has 0 spiro atoms. The smallest absolute Gasteiger partial charge is 0.411 e. The lowest BCUT2D eigenvalue weighted by atomic mass is 10.00. The lowest BCUT2D eigenvalue weighted by Crippen LogP contribution is -2.43. The van der Waals surface area contributed by atoms with E-state index < -0.39 is 23.7 Å². The highest BCUT2D eigenvalue weighted by atomic mass is 35.5. The fraction of sp³-hybridized carbons (Fsp3) is 0.529. The zero-order valence-corrected chi connectivity index (χ0v) is 14.6. The third-order valence-corrected chi connectivity index (χ3v) is 3.82. The van der Waals surface area contributed by atoms with Gasteiger partial charge in [0.1, 0.15) is 5.60 Å². The number of ether oxygens (including phenoxy) is 1. The van der Waals surface area contributed by atoms with Gasteiger partial charge in [0.25, 0.3) is 0 Å². The normalized spacial score (nSPS) is 15.9. The minimum atomic E-state index is -1.08. The van der Waals surface area contributed by atoms with E-state index in [0.717, 1.165) is 18.4 Å². The maximum Gasteiger partial charge on any atom is 0.411 e. The molecule has 1 aromatic carbocycles. The highest BCUT2D eigenvalue weighted by Gasteiger charge is 2.43. The van der Waals surface area contributed by atoms with Crippen molar-refractivity contribution in [1.29, 1.82) is 0 Å². The Bertz CT molecular complexity index is 620. The molecule has 2 rings (SSSR count). The Balaban J connectivity index is 2.40. The number of nitrogens with zero attached hydrogens (tertiary/aromatic N) is 1. The Hall–Kier alpha value is -1.75. The van der Waals surface area contributed by atoms with E-state index in [4.69, 9.17) is 16.3 Å². The van der Waals surface area contributed by atoms with E-state index in [-0.39, 0.29) is 6.04 Å². The van der Waals surface area contributed by atoms with Gasteiger partial charge in [-0.15, -0.1) is 0 Å². The monoisotopic (exact) mass is 339 g/mol. The Morgan fingerprint density at radius 3 is 2.39 bits per heavy atom. The number of carbonyl (C=O) groups is 2. The summed E-state index contributed by atoms with van der Waals surface area (Å²) in [5, 5.41) is 10.3. The Labute approximate surface area is 141 Å². The molecule has 1 aliphatic carbocycles. The van der Waals surface area contributed by atoms with Crippen molar-refractivity contribution >= 4 is 23.7 Å². The second-order valence-corrected chi connectivity index (χ2v) is 7.30. The fourth-order valence-corrected chi connectivity index (χ4v) is 2.71. The molecule has 0 bridgehead atoms. The van der Waals surface area contributed by atoms with Crippen molar-refractivity contribution < 1.29 is 19.4 Å². The molecule has 1 atom stereocenters. The van der Waals surface area contributed by atoms with E-state index in [1.54, 1.807) is 45.9 Å². The number of carbonyl (C=O) groups excluding carboxylic acids is 1. The number of carboxylic acids is 1. The number of rotatable bonds is 4. The van der Waals surface area contributed by atoms with Crippen LogP contribution in [0.15, 0.2) is 18.2 Å². The number of amides is 1. The van der Waals surface area contributed by atoms with Crippen molar-refractivity contribution in [2.45, 2.75) is 58.2 Å². The molecule has 0 saturated heterocycles. The summed E-state index contributed by atoms with van der Waals surface area (Å²) in [6, 6.07) is 3.83. The molecule has 1 aliphatic rings. The molecule has 0 heterocycles. The van der Waals surface area contributed by atoms with Gasteiger partial charge in [-0.05, 0) is 63.8 Å². The molecule has 1 unspecified atom stereocenters. The minimum Gasteiger partial charge on any atom is -0.479 e. The average molecular weight is 340 g/mol. The highest BCUT2D eigenvalue weighted by Crippen LogP contribution is 2.37. The molecule has 23 heavy (non-hydrogen) atoms. The van der Waals surface area contributed by atoms with Crippen LogP contribution in [0.5, 0.6) is 0 Å². The molecule has 0 radical (unpaired) electrons. The average Bonchev–Trinajstić information content (AvgIpc) is 3.18. The summed E-state index contributed by atoms with van der Waals surface area (Å²) >= 11 is 5.95. The van der Waals surface area contributed by atoms with Crippen LogP contribution >= 0.6 is 11.6 Å². The number of halogens is 1. The van der Waals surface area contributed by atoms with Crippen molar-refractivity contribution in [2.24, 2.45) is 0 Å². The number of benzene rings is 1. The Morgan fingerprint density at radius 2 is 1.96 bits per heavy atom. The van der Waals surface area contributed by atoms with Crippen molar-refractivity contribution in [3.8, 4) is 0 Å². The third kappa shape index (κ3) is 4.38. The molecule has 1 amide bonds. The second-order valence-electron chi connectivity index (χ2n) is 6.86. The van der Waals surface area contributed by atoms with Crippen LogP contribution in [0.4, 0.5) is 4.79 Å². The summed E-state index contributed by atoms with van der Waals surface area (Å²) in [6.07, 6.45) is 0.979. The van der Waals surface area contributed by atoms with Gasteiger partial charge < -0.3 is 9.84 Å². The van der Waals surface area contributed by atoms with E-state index in [1.165, 1.54) is 4.90 Å². The topological polar surface area (TPSA) is 66.8 Å². The van der Waals surface area contributed by atoms with Crippen LogP contribution in [-0.4, -0.2) is 33.7 Å². The van der Waals surface area contributed by atoms with Crippen molar-refractivity contribution in [1.82, 2.24) is 4.90 Å². The Morgan fingerprint density at radius 1 is 1.35 bits per heavy atom. The van der Waals surface area contributed by atoms with Gasteiger partial charge >= 0.3 is 12.1 Å². The van der Waals surface area contributed by atoms with E-state index in [9.17, 15) is 14.7 Å². The largest absolute Gasteiger partial charge is 0.479 e. The fourth-order valence-electron chi connectivity index (χ4n) is 2.48. The summed E-state index contributed by atoms with van der Waals surface area (Å²) in [5.41, 5.74) is 0.612. The predicted octanol–water partition coefficient (Wildman–Crippen LogP) is 4.17. The molecule has 1 fully saturated rings. The van der Waals surface area contributed by atoms with E-state index in [0.29, 0.717) is 10.6 Å². The summed E-state index contributed by atoms with van der Waals surface area (Å²) in [5.74, 6) is -1.08. The van der Waals surface area contributed by atoms with Gasteiger partial charge in [0.15, 0.2) is 6.04 Å². The number of carboxylic acid groups (broad SMARTS) is 1. The highest BCUT2D eigenvalue weighted by molar-refractivity contribution is 6.30. The van der Waals surface area contributed by atoms with Gasteiger partial charge in [0.2, 0.25) is 0 Å². The van der Waals surface area contributed by atoms with Gasteiger partial charge in [-0.1, -0.05) is 17.7 Å². The molecular formula is C17H22ClNO4. The lowest BCUT2D eigenvalue weighted by Gasteiger charge is -2.32. The Kier molecular flexibility index (Phi) is 4.90. The standard InChI is InChI=1S/C17H22ClNO4/c1-10-9-11(18)5-8-13(10)14(15(20)21)19(12-6-7-12)16(22)23-17(2,3)4/h5,8-9,12,14H,6-7H2,1-4H3,(H,20,21). The molecule has 1 N–H and O–H groups in total. The van der Waals surface area contributed by atoms with Crippen LogP contribution in [0, 0.1) is 6.92 Å². The molecule has 1 aromatic rings. The van der Waals surface area contributed by atoms with Gasteiger partial charge in [-0.2, -0.15) is 0 Å². The maximum atomic E-state index is 12.6. The van der Waals surface area contributed by atoms with E-state index >= 15 is 0 Å². The minimum absolute atomic E-state index is 0.0963. The van der Waals surface area contributed by atoms with Gasteiger partial charge in [0, 0.05) is 11.1 Å². The molecule has 5 nitrogen and oxygen atoms in total. The van der Waals surface area contributed by atoms with Crippen molar-refractivity contribution in [2.75, 3.05) is 0 Å². The van der Waals surface area contributed by atoms with Crippen molar-refractivity contribution in [3.63, 3.8) is 0 Å². The molecular weight excluding hydrogens is 318 g/mol. The zero-order chi connectivity index (χ0) is 17.4. The lowest BCUT2D eigenvalue weighted by molar-refractivity contribution is -0.143. The molecule has 1 saturated carbocycles. The maximum absolute atomic E-state index is 12.6. The molecule has 0 aromatic heterocycles. The third-order valence-electron chi connectivity index (χ3n) is 3.58.